The van der Waals surface area contributed by atoms with E-state index >= 15 is 0 Å². The first-order valence-electron chi connectivity index (χ1n) is 8.97. The zero-order valence-corrected chi connectivity index (χ0v) is 17.3. The number of fused-ring (bicyclic) bond motifs is 2. The highest BCUT2D eigenvalue weighted by molar-refractivity contribution is 7.89. The third-order valence-corrected chi connectivity index (χ3v) is 7.19. The van der Waals surface area contributed by atoms with Crippen LogP contribution < -0.4 is 14.2 Å². The van der Waals surface area contributed by atoms with Crippen LogP contribution in [0.15, 0.2) is 52.7 Å². The van der Waals surface area contributed by atoms with Gasteiger partial charge in [-0.2, -0.15) is 0 Å². The fourth-order valence-electron chi connectivity index (χ4n) is 3.29. The van der Waals surface area contributed by atoms with Crippen molar-refractivity contribution in [1.82, 2.24) is 9.62 Å². The SMILES string of the molecule is CN(C)C(CNS(=O)(=O)c1ccc2c(c1)OCCO2)c1csc2ccccc12. The predicted molar refractivity (Wildman–Crippen MR) is 111 cm³/mol. The number of rotatable bonds is 6. The second-order valence-corrected chi connectivity index (χ2v) is 9.50. The van der Waals surface area contributed by atoms with E-state index in [0.717, 1.165) is 10.9 Å². The zero-order chi connectivity index (χ0) is 19.7. The van der Waals surface area contributed by atoms with E-state index in [1.165, 1.54) is 10.8 Å². The Morgan fingerprint density at radius 2 is 1.86 bits per heavy atom. The lowest BCUT2D eigenvalue weighted by Crippen LogP contribution is -2.34. The van der Waals surface area contributed by atoms with Crippen LogP contribution in [0.1, 0.15) is 11.6 Å². The van der Waals surface area contributed by atoms with Crippen LogP contribution >= 0.6 is 11.3 Å². The Morgan fingerprint density at radius 1 is 1.11 bits per heavy atom. The number of benzene rings is 2. The fraction of sp³-hybridized carbons (Fsp3) is 0.300. The second-order valence-electron chi connectivity index (χ2n) is 6.82. The van der Waals surface area contributed by atoms with Gasteiger partial charge in [-0.1, -0.05) is 18.2 Å². The molecule has 1 atom stereocenters. The highest BCUT2D eigenvalue weighted by Gasteiger charge is 2.23. The first-order valence-corrected chi connectivity index (χ1v) is 11.3. The monoisotopic (exact) mass is 418 g/mol. The Balaban J connectivity index is 1.57. The molecule has 2 heterocycles. The van der Waals surface area contributed by atoms with Gasteiger partial charge in [0.1, 0.15) is 13.2 Å². The van der Waals surface area contributed by atoms with Crippen molar-refractivity contribution in [3.8, 4) is 11.5 Å². The summed E-state index contributed by atoms with van der Waals surface area (Å²) in [7, 11) is 0.232. The molecule has 1 unspecified atom stereocenters. The molecule has 0 spiro atoms. The van der Waals surface area contributed by atoms with Crippen molar-refractivity contribution < 1.29 is 17.9 Å². The smallest absolute Gasteiger partial charge is 0.240 e. The van der Waals surface area contributed by atoms with Crippen LogP contribution in [0.2, 0.25) is 0 Å². The summed E-state index contributed by atoms with van der Waals surface area (Å²) in [6.07, 6.45) is 0. The van der Waals surface area contributed by atoms with Gasteiger partial charge < -0.3 is 14.4 Å². The average Bonchev–Trinajstić information content (AvgIpc) is 3.11. The number of sulfonamides is 1. The van der Waals surface area contributed by atoms with Gasteiger partial charge in [-0.25, -0.2) is 13.1 Å². The quantitative estimate of drug-likeness (QED) is 0.666. The summed E-state index contributed by atoms with van der Waals surface area (Å²) in [6.45, 7) is 1.15. The largest absolute Gasteiger partial charge is 0.486 e. The molecule has 1 aliphatic rings. The standard InChI is InChI=1S/C20H22N2O4S2/c1-22(2)17(16-13-27-20-6-4-3-5-15(16)20)12-21-28(23,24)14-7-8-18-19(11-14)26-10-9-25-18/h3-8,11,13,17,21H,9-10,12H2,1-2H3. The topological polar surface area (TPSA) is 67.9 Å². The molecule has 28 heavy (non-hydrogen) atoms. The molecule has 4 rings (SSSR count). The third-order valence-electron chi connectivity index (χ3n) is 4.78. The molecule has 1 N–H and O–H groups in total. The Kier molecular flexibility index (Phi) is 5.29. The van der Waals surface area contributed by atoms with Crippen LogP contribution in [-0.2, 0) is 10.0 Å². The molecule has 1 aromatic heterocycles. The molecule has 0 radical (unpaired) electrons. The Labute approximate surface area is 168 Å². The molecule has 6 nitrogen and oxygen atoms in total. The van der Waals surface area contributed by atoms with Crippen molar-refractivity contribution in [2.45, 2.75) is 10.9 Å². The maximum Gasteiger partial charge on any atom is 0.240 e. The fourth-order valence-corrected chi connectivity index (χ4v) is 5.35. The van der Waals surface area contributed by atoms with Gasteiger partial charge in [-0.05, 0) is 48.6 Å². The molecular formula is C20H22N2O4S2. The van der Waals surface area contributed by atoms with Crippen LogP contribution in [-0.4, -0.2) is 47.2 Å². The summed E-state index contributed by atoms with van der Waals surface area (Å²) in [5.41, 5.74) is 1.12. The lowest BCUT2D eigenvalue weighted by Gasteiger charge is -2.25. The molecule has 0 saturated carbocycles. The zero-order valence-electron chi connectivity index (χ0n) is 15.7. The molecule has 0 saturated heterocycles. The Hall–Kier alpha value is -2.13. The maximum atomic E-state index is 12.9. The van der Waals surface area contributed by atoms with Crippen molar-refractivity contribution in [1.29, 1.82) is 0 Å². The number of ether oxygens (including phenoxy) is 2. The van der Waals surface area contributed by atoms with Gasteiger partial charge in [0.2, 0.25) is 10.0 Å². The number of hydrogen-bond acceptors (Lipinski definition) is 6. The van der Waals surface area contributed by atoms with Gasteiger partial charge in [0.25, 0.3) is 0 Å². The summed E-state index contributed by atoms with van der Waals surface area (Å²) in [4.78, 5) is 2.20. The number of thiophene rings is 1. The number of hydrogen-bond donors (Lipinski definition) is 1. The summed E-state index contributed by atoms with van der Waals surface area (Å²) in [6, 6.07) is 12.8. The molecule has 3 aromatic rings. The van der Waals surface area contributed by atoms with Crippen LogP contribution in [0.5, 0.6) is 11.5 Å². The summed E-state index contributed by atoms with van der Waals surface area (Å²) < 4.78 is 40.6. The molecule has 0 amide bonds. The average molecular weight is 419 g/mol. The second kappa shape index (κ2) is 7.71. The first kappa shape index (κ1) is 19.2. The third kappa shape index (κ3) is 3.73. The van der Waals surface area contributed by atoms with Crippen LogP contribution in [0.25, 0.3) is 10.1 Å². The van der Waals surface area contributed by atoms with Gasteiger partial charge in [0, 0.05) is 23.4 Å². The molecule has 8 heteroatoms. The van der Waals surface area contributed by atoms with Crippen LogP contribution in [0.3, 0.4) is 0 Å². The van der Waals surface area contributed by atoms with Crippen LogP contribution in [0, 0.1) is 0 Å². The normalized spacial score (nSPS) is 15.1. The van der Waals surface area contributed by atoms with E-state index in [4.69, 9.17) is 9.47 Å². The van der Waals surface area contributed by atoms with Gasteiger partial charge in [-0.3, -0.25) is 0 Å². The lowest BCUT2D eigenvalue weighted by molar-refractivity contribution is 0.171. The van der Waals surface area contributed by atoms with Gasteiger partial charge in [0.05, 0.1) is 4.90 Å². The predicted octanol–water partition coefficient (Wildman–Crippen LogP) is 3.25. The number of nitrogens with zero attached hydrogens (tertiary/aromatic N) is 1. The summed E-state index contributed by atoms with van der Waals surface area (Å²) in [5.74, 6) is 1.03. The van der Waals surface area contributed by atoms with Crippen molar-refractivity contribution >= 4 is 31.4 Å². The van der Waals surface area contributed by atoms with Crippen molar-refractivity contribution in [3.05, 3.63) is 53.4 Å². The maximum absolute atomic E-state index is 12.9. The van der Waals surface area contributed by atoms with Crippen molar-refractivity contribution in [3.63, 3.8) is 0 Å². The molecule has 1 aliphatic heterocycles. The lowest BCUT2D eigenvalue weighted by atomic mass is 10.1. The minimum absolute atomic E-state index is 0.0804. The van der Waals surface area contributed by atoms with Crippen molar-refractivity contribution in [2.24, 2.45) is 0 Å². The van der Waals surface area contributed by atoms with Gasteiger partial charge >= 0.3 is 0 Å². The van der Waals surface area contributed by atoms with E-state index in [1.807, 2.05) is 31.1 Å². The minimum Gasteiger partial charge on any atom is -0.486 e. The molecular weight excluding hydrogens is 396 g/mol. The first-order chi connectivity index (χ1) is 13.5. The van der Waals surface area contributed by atoms with E-state index in [-0.39, 0.29) is 17.5 Å². The molecule has 0 aliphatic carbocycles. The van der Waals surface area contributed by atoms with E-state index in [9.17, 15) is 8.42 Å². The molecule has 2 aromatic carbocycles. The highest BCUT2D eigenvalue weighted by Crippen LogP contribution is 2.34. The van der Waals surface area contributed by atoms with Crippen molar-refractivity contribution in [2.75, 3.05) is 33.9 Å². The van der Waals surface area contributed by atoms with E-state index in [0.29, 0.717) is 24.7 Å². The minimum atomic E-state index is -3.68. The highest BCUT2D eigenvalue weighted by atomic mass is 32.2. The van der Waals surface area contributed by atoms with E-state index in [1.54, 1.807) is 23.5 Å². The Bertz CT molecular complexity index is 1090. The number of likely N-dealkylation sites (N-methyl/N-ethyl adjacent to an activating group) is 1. The molecule has 0 bridgehead atoms. The Morgan fingerprint density at radius 3 is 2.64 bits per heavy atom. The molecule has 0 fully saturated rings. The van der Waals surface area contributed by atoms with E-state index < -0.39 is 10.0 Å². The summed E-state index contributed by atoms with van der Waals surface area (Å²) in [5, 5.41) is 3.26. The molecule has 148 valence electrons. The van der Waals surface area contributed by atoms with Gasteiger partial charge in [-0.15, -0.1) is 11.3 Å². The van der Waals surface area contributed by atoms with Gasteiger partial charge in [0.15, 0.2) is 11.5 Å². The number of nitrogens with one attached hydrogen (secondary N) is 1. The van der Waals surface area contributed by atoms with Crippen LogP contribution in [0.4, 0.5) is 0 Å². The van der Waals surface area contributed by atoms with E-state index in [2.05, 4.69) is 22.2 Å². The summed E-state index contributed by atoms with van der Waals surface area (Å²) >= 11 is 1.67.